The van der Waals surface area contributed by atoms with Crippen LogP contribution in [0.3, 0.4) is 0 Å². The van der Waals surface area contributed by atoms with E-state index in [-0.39, 0.29) is 6.10 Å². The van der Waals surface area contributed by atoms with Crippen LogP contribution in [0.25, 0.3) is 0 Å². The lowest BCUT2D eigenvalue weighted by molar-refractivity contribution is -0.142. The highest BCUT2D eigenvalue weighted by Gasteiger charge is 2.81. The Balaban J connectivity index is 1.37. The molecular weight excluding hydrogens is 376 g/mol. The molecule has 176 valence electrons. The zero-order valence-electron chi connectivity index (χ0n) is 21.5. The summed E-state index contributed by atoms with van der Waals surface area (Å²) < 4.78 is 0. The molecule has 5 rings (SSSR count). The van der Waals surface area contributed by atoms with Gasteiger partial charge in [0.2, 0.25) is 0 Å². The van der Waals surface area contributed by atoms with Crippen molar-refractivity contribution in [2.24, 2.45) is 57.2 Å². The van der Waals surface area contributed by atoms with E-state index in [2.05, 4.69) is 48.1 Å². The SMILES string of the molecule is C=C(CC[C@@H](C)[C@H]1CC[C@@]2(C)[C@@H]3CC[C@@H]4[C@H](C)[C@@H](O)CC[C@@]45C[C@@]35CC[C@]12C)C(C)C. The van der Waals surface area contributed by atoms with E-state index < -0.39 is 0 Å². The first-order chi connectivity index (χ1) is 14.5. The quantitative estimate of drug-likeness (QED) is 0.441. The summed E-state index contributed by atoms with van der Waals surface area (Å²) in [6.45, 7) is 19.4. The van der Waals surface area contributed by atoms with Crippen molar-refractivity contribution < 1.29 is 5.11 Å². The summed E-state index contributed by atoms with van der Waals surface area (Å²) >= 11 is 0. The van der Waals surface area contributed by atoms with Gasteiger partial charge in [-0.1, -0.05) is 53.7 Å². The fourth-order valence-corrected chi connectivity index (χ4v) is 10.9. The highest BCUT2D eigenvalue weighted by atomic mass is 16.3. The predicted octanol–water partition coefficient (Wildman–Crippen LogP) is 8.02. The summed E-state index contributed by atoms with van der Waals surface area (Å²) in [7, 11) is 0. The number of rotatable bonds is 5. The molecule has 0 unspecified atom stereocenters. The average molecular weight is 427 g/mol. The molecule has 0 aromatic rings. The van der Waals surface area contributed by atoms with E-state index in [0.717, 1.165) is 30.1 Å². The number of fused-ring (bicyclic) bond motifs is 2. The molecule has 0 amide bonds. The lowest BCUT2D eigenvalue weighted by Gasteiger charge is -2.62. The summed E-state index contributed by atoms with van der Waals surface area (Å²) in [5.41, 5.74) is 3.76. The minimum Gasteiger partial charge on any atom is -0.393 e. The first kappa shape index (κ1) is 22.5. The Bertz CT molecular complexity index is 739. The van der Waals surface area contributed by atoms with Gasteiger partial charge in [0.15, 0.2) is 0 Å². The summed E-state index contributed by atoms with van der Waals surface area (Å²) in [5.74, 6) is 4.63. The van der Waals surface area contributed by atoms with Crippen LogP contribution in [-0.2, 0) is 0 Å². The van der Waals surface area contributed by atoms with Gasteiger partial charge in [-0.2, -0.15) is 0 Å². The molecule has 2 spiro atoms. The van der Waals surface area contributed by atoms with Crippen molar-refractivity contribution >= 4 is 0 Å². The van der Waals surface area contributed by atoms with Crippen molar-refractivity contribution in [3.05, 3.63) is 12.2 Å². The normalized spacial score (nSPS) is 53.9. The smallest absolute Gasteiger partial charge is 0.0568 e. The molecule has 1 N–H and O–H groups in total. The zero-order valence-corrected chi connectivity index (χ0v) is 21.5. The molecule has 0 aliphatic heterocycles. The second-order valence-corrected chi connectivity index (χ2v) is 14.0. The summed E-state index contributed by atoms with van der Waals surface area (Å²) in [4.78, 5) is 0. The Hall–Kier alpha value is -0.300. The summed E-state index contributed by atoms with van der Waals surface area (Å²) in [6, 6.07) is 0. The second kappa shape index (κ2) is 7.10. The largest absolute Gasteiger partial charge is 0.393 e. The lowest BCUT2D eigenvalue weighted by atomic mass is 9.43. The van der Waals surface area contributed by atoms with Gasteiger partial charge in [0.05, 0.1) is 6.10 Å². The first-order valence-electron chi connectivity index (χ1n) is 13.9. The van der Waals surface area contributed by atoms with Crippen LogP contribution in [0.1, 0.15) is 112 Å². The van der Waals surface area contributed by atoms with Gasteiger partial charge in [-0.15, -0.1) is 0 Å². The minimum absolute atomic E-state index is 0.0356. The highest BCUT2D eigenvalue weighted by Crippen LogP contribution is 2.88. The van der Waals surface area contributed by atoms with Crippen LogP contribution in [0.2, 0.25) is 0 Å². The molecule has 1 nitrogen and oxygen atoms in total. The van der Waals surface area contributed by atoms with Gasteiger partial charge in [-0.3, -0.25) is 0 Å². The molecule has 0 heterocycles. The number of allylic oxidation sites excluding steroid dienone is 1. The molecule has 0 bridgehead atoms. The molecule has 1 heteroatoms. The Morgan fingerprint density at radius 3 is 2.39 bits per heavy atom. The second-order valence-electron chi connectivity index (χ2n) is 14.0. The maximum atomic E-state index is 10.6. The van der Waals surface area contributed by atoms with E-state index in [1.807, 2.05) is 0 Å². The van der Waals surface area contributed by atoms with Crippen LogP contribution in [0.15, 0.2) is 12.2 Å². The number of hydrogen-bond donors (Lipinski definition) is 1. The number of aliphatic hydroxyl groups is 1. The molecule has 5 saturated carbocycles. The molecular formula is C30H50O. The molecule has 0 saturated heterocycles. The van der Waals surface area contributed by atoms with Crippen molar-refractivity contribution in [2.75, 3.05) is 0 Å². The predicted molar refractivity (Wildman–Crippen MR) is 131 cm³/mol. The zero-order chi connectivity index (χ0) is 22.4. The third-order valence-electron chi connectivity index (χ3n) is 13.1. The van der Waals surface area contributed by atoms with E-state index in [0.29, 0.717) is 33.5 Å². The van der Waals surface area contributed by atoms with Crippen LogP contribution in [0, 0.1) is 57.2 Å². The van der Waals surface area contributed by atoms with Crippen LogP contribution in [0.5, 0.6) is 0 Å². The van der Waals surface area contributed by atoms with E-state index in [1.54, 1.807) is 0 Å². The number of hydrogen-bond acceptors (Lipinski definition) is 1. The average Bonchev–Trinajstić information content (AvgIpc) is 3.31. The Morgan fingerprint density at radius 2 is 1.68 bits per heavy atom. The first-order valence-corrected chi connectivity index (χ1v) is 13.9. The van der Waals surface area contributed by atoms with Gasteiger partial charge >= 0.3 is 0 Å². The molecule has 10 atom stereocenters. The maximum Gasteiger partial charge on any atom is 0.0568 e. The molecule has 5 aliphatic carbocycles. The Labute approximate surface area is 192 Å². The van der Waals surface area contributed by atoms with Crippen LogP contribution < -0.4 is 0 Å². The Morgan fingerprint density at radius 1 is 0.935 bits per heavy atom. The summed E-state index contributed by atoms with van der Waals surface area (Å²) in [5, 5.41) is 10.6. The van der Waals surface area contributed by atoms with Gasteiger partial charge in [-0.25, -0.2) is 0 Å². The molecule has 5 aliphatic rings. The van der Waals surface area contributed by atoms with Crippen molar-refractivity contribution in [3.63, 3.8) is 0 Å². The summed E-state index contributed by atoms with van der Waals surface area (Å²) in [6.07, 6.45) is 15.1. The standard InChI is InChI=1S/C30H50O/c1-19(2)20(3)8-9-21(4)23-12-14-28(7)26-11-10-24-22(5)25(31)13-15-29(24)18-30(26,29)17-16-27(23,28)6/h19,21-26,31H,3,8-18H2,1-2,4-7H3/t21-,22+,23-,24-,25+,26+,27-,28+,29-,30+/m1/s1. The van der Waals surface area contributed by atoms with E-state index in [9.17, 15) is 5.11 Å². The number of aliphatic hydroxyl groups excluding tert-OH is 1. The molecule has 0 aromatic carbocycles. The Kier molecular flexibility index (Phi) is 5.15. The van der Waals surface area contributed by atoms with Crippen molar-refractivity contribution in [1.29, 1.82) is 0 Å². The van der Waals surface area contributed by atoms with Crippen LogP contribution in [-0.4, -0.2) is 11.2 Å². The lowest BCUT2D eigenvalue weighted by Crippen LogP contribution is -2.55. The van der Waals surface area contributed by atoms with Crippen molar-refractivity contribution in [1.82, 2.24) is 0 Å². The van der Waals surface area contributed by atoms with E-state index in [1.165, 1.54) is 69.8 Å². The van der Waals surface area contributed by atoms with Crippen LogP contribution >= 0.6 is 0 Å². The van der Waals surface area contributed by atoms with Gasteiger partial charge < -0.3 is 5.11 Å². The highest BCUT2D eigenvalue weighted by molar-refractivity contribution is 5.29. The van der Waals surface area contributed by atoms with Gasteiger partial charge in [0, 0.05) is 0 Å². The van der Waals surface area contributed by atoms with Gasteiger partial charge in [0.25, 0.3) is 0 Å². The molecule has 31 heavy (non-hydrogen) atoms. The van der Waals surface area contributed by atoms with Crippen molar-refractivity contribution in [3.8, 4) is 0 Å². The monoisotopic (exact) mass is 426 g/mol. The van der Waals surface area contributed by atoms with Crippen LogP contribution in [0.4, 0.5) is 0 Å². The maximum absolute atomic E-state index is 10.6. The topological polar surface area (TPSA) is 20.2 Å². The van der Waals surface area contributed by atoms with Crippen molar-refractivity contribution in [2.45, 2.75) is 118 Å². The molecule has 0 radical (unpaired) electrons. The third-order valence-corrected chi connectivity index (χ3v) is 13.1. The van der Waals surface area contributed by atoms with Gasteiger partial charge in [0.1, 0.15) is 0 Å². The fraction of sp³-hybridized carbons (Fsp3) is 0.933. The molecule has 0 aromatic heterocycles. The third kappa shape index (κ3) is 2.77. The van der Waals surface area contributed by atoms with E-state index >= 15 is 0 Å². The molecule has 5 fully saturated rings. The van der Waals surface area contributed by atoms with E-state index in [4.69, 9.17) is 0 Å². The fourth-order valence-electron chi connectivity index (χ4n) is 10.9. The minimum atomic E-state index is -0.0356. The van der Waals surface area contributed by atoms with Gasteiger partial charge in [-0.05, 0) is 128 Å².